The molecule has 0 spiro atoms. The van der Waals surface area contributed by atoms with Gasteiger partial charge in [-0.25, -0.2) is 0 Å². The monoisotopic (exact) mass is 183 g/mol. The number of hydrogen-bond donors (Lipinski definition) is 0. The minimum absolute atomic E-state index is 0.0816. The fourth-order valence-electron chi connectivity index (χ4n) is 0.538. The first kappa shape index (κ1) is 11.8. The smallest absolute Gasteiger partial charge is 0.135 e. The summed E-state index contributed by atoms with van der Waals surface area (Å²) in [6.45, 7) is 7.86. The summed E-state index contributed by atoms with van der Waals surface area (Å²) in [7, 11) is 1.52. The van der Waals surface area contributed by atoms with Crippen molar-refractivity contribution in [3.8, 4) is 12.0 Å². The van der Waals surface area contributed by atoms with Gasteiger partial charge < -0.3 is 9.57 Å². The van der Waals surface area contributed by atoms with Crippen LogP contribution < -0.4 is 0 Å². The first-order valence-corrected chi connectivity index (χ1v) is 4.35. The molecular weight excluding hydrogens is 166 g/mol. The zero-order chi connectivity index (χ0) is 10.3. The van der Waals surface area contributed by atoms with Crippen LogP contribution in [0.1, 0.15) is 27.7 Å². The molecule has 0 rings (SSSR count). The number of nitrogens with zero attached hydrogens (tertiary/aromatic N) is 1. The molecule has 0 amide bonds. The van der Waals surface area contributed by atoms with Crippen molar-refractivity contribution >= 4 is 5.71 Å². The van der Waals surface area contributed by atoms with Crippen molar-refractivity contribution in [3.05, 3.63) is 0 Å². The van der Waals surface area contributed by atoms with Crippen molar-refractivity contribution < 1.29 is 9.57 Å². The van der Waals surface area contributed by atoms with Gasteiger partial charge in [0.05, 0.1) is 7.11 Å². The molecule has 0 aromatic carbocycles. The lowest BCUT2D eigenvalue weighted by atomic mass is 10.1. The van der Waals surface area contributed by atoms with Crippen LogP contribution in [-0.4, -0.2) is 18.9 Å². The van der Waals surface area contributed by atoms with E-state index in [1.807, 2.05) is 27.7 Å². The van der Waals surface area contributed by atoms with Crippen molar-refractivity contribution in [2.75, 3.05) is 7.11 Å². The maximum atomic E-state index is 5.09. The van der Waals surface area contributed by atoms with Gasteiger partial charge in [-0.3, -0.25) is 0 Å². The van der Waals surface area contributed by atoms with Crippen LogP contribution in [0.25, 0.3) is 0 Å². The Morgan fingerprint density at radius 2 is 1.85 bits per heavy atom. The fraction of sp³-hybridized carbons (Fsp3) is 0.700. The van der Waals surface area contributed by atoms with Crippen LogP contribution >= 0.6 is 0 Å². The molecule has 13 heavy (non-hydrogen) atoms. The molecule has 0 unspecified atom stereocenters. The van der Waals surface area contributed by atoms with Crippen molar-refractivity contribution in [3.63, 3.8) is 0 Å². The van der Waals surface area contributed by atoms with E-state index < -0.39 is 0 Å². The van der Waals surface area contributed by atoms with E-state index in [0.717, 1.165) is 0 Å². The molecule has 3 nitrogen and oxygen atoms in total. The average Bonchev–Trinajstić information content (AvgIpc) is 2.03. The zero-order valence-corrected chi connectivity index (χ0v) is 8.92. The second-order valence-electron chi connectivity index (χ2n) is 3.22. The van der Waals surface area contributed by atoms with E-state index in [-0.39, 0.29) is 12.0 Å². The highest BCUT2D eigenvalue weighted by Gasteiger charge is 2.03. The fourth-order valence-corrected chi connectivity index (χ4v) is 0.538. The van der Waals surface area contributed by atoms with Crippen LogP contribution in [0.2, 0.25) is 0 Å². The van der Waals surface area contributed by atoms with Gasteiger partial charge in [0.15, 0.2) is 0 Å². The van der Waals surface area contributed by atoms with E-state index in [4.69, 9.17) is 4.84 Å². The van der Waals surface area contributed by atoms with Crippen LogP contribution in [0.5, 0.6) is 0 Å². The third-order valence-electron chi connectivity index (χ3n) is 1.19. The van der Waals surface area contributed by atoms with Crippen LogP contribution in [-0.2, 0) is 9.57 Å². The van der Waals surface area contributed by atoms with Crippen LogP contribution in [0, 0.1) is 17.9 Å². The predicted molar refractivity (Wildman–Crippen MR) is 53.3 cm³/mol. The summed E-state index contributed by atoms with van der Waals surface area (Å²) in [4.78, 5) is 5.09. The molecule has 0 aromatic heterocycles. The highest BCUT2D eigenvalue weighted by Crippen LogP contribution is 1.98. The van der Waals surface area contributed by atoms with E-state index in [1.54, 1.807) is 0 Å². The normalized spacial score (nSPS) is 11.2. The number of ether oxygens (including phenoxy) is 1. The molecule has 0 bridgehead atoms. The molecule has 0 aliphatic rings. The summed E-state index contributed by atoms with van der Waals surface area (Å²) in [6, 6.07) is 0. The maximum Gasteiger partial charge on any atom is 0.135 e. The largest absolute Gasteiger partial charge is 0.450 e. The minimum Gasteiger partial charge on any atom is -0.450 e. The molecule has 0 saturated heterocycles. The summed E-state index contributed by atoms with van der Waals surface area (Å²) in [5.74, 6) is 3.03. The van der Waals surface area contributed by atoms with Crippen LogP contribution in [0.15, 0.2) is 5.16 Å². The zero-order valence-electron chi connectivity index (χ0n) is 8.92. The third kappa shape index (κ3) is 6.03. The standard InChI is InChI=1S/C10H17NO2/c1-8(2)10(6-7-12-5)11-13-9(3)4/h8-9H,1-5H3/b11-10+. The van der Waals surface area contributed by atoms with Gasteiger partial charge in [0, 0.05) is 5.92 Å². The molecule has 3 heteroatoms. The average molecular weight is 183 g/mol. The Labute approximate surface area is 80.1 Å². The van der Waals surface area contributed by atoms with E-state index >= 15 is 0 Å². The summed E-state index contributed by atoms with van der Waals surface area (Å²) >= 11 is 0. The molecule has 0 aliphatic heterocycles. The molecule has 0 fully saturated rings. The van der Waals surface area contributed by atoms with Gasteiger partial charge in [0.25, 0.3) is 0 Å². The van der Waals surface area contributed by atoms with Gasteiger partial charge in [-0.1, -0.05) is 19.0 Å². The molecular formula is C10H17NO2. The first-order valence-electron chi connectivity index (χ1n) is 4.35. The van der Waals surface area contributed by atoms with Gasteiger partial charge >= 0.3 is 0 Å². The maximum absolute atomic E-state index is 5.09. The highest BCUT2D eigenvalue weighted by atomic mass is 16.6. The topological polar surface area (TPSA) is 30.8 Å². The number of hydrogen-bond acceptors (Lipinski definition) is 3. The number of methoxy groups -OCH3 is 1. The summed E-state index contributed by atoms with van der Waals surface area (Å²) in [5, 5.41) is 3.92. The van der Waals surface area contributed by atoms with Crippen molar-refractivity contribution in [2.24, 2.45) is 11.1 Å². The molecule has 0 saturated carbocycles. The number of rotatable bonds is 3. The highest BCUT2D eigenvalue weighted by molar-refractivity contribution is 6.01. The van der Waals surface area contributed by atoms with E-state index in [2.05, 4.69) is 21.9 Å². The molecule has 0 N–H and O–H groups in total. The van der Waals surface area contributed by atoms with Gasteiger partial charge in [0.2, 0.25) is 0 Å². The molecule has 0 aromatic rings. The van der Waals surface area contributed by atoms with E-state index in [1.165, 1.54) is 7.11 Å². The predicted octanol–water partition coefficient (Wildman–Crippen LogP) is 2.03. The Balaban J connectivity index is 4.32. The second-order valence-corrected chi connectivity index (χ2v) is 3.22. The third-order valence-corrected chi connectivity index (χ3v) is 1.19. The lowest BCUT2D eigenvalue weighted by Crippen LogP contribution is -2.08. The Bertz CT molecular complexity index is 221. The summed E-state index contributed by atoms with van der Waals surface area (Å²) < 4.78 is 4.63. The molecule has 0 atom stereocenters. The second kappa shape index (κ2) is 6.36. The van der Waals surface area contributed by atoms with Crippen molar-refractivity contribution in [1.82, 2.24) is 0 Å². The lowest BCUT2D eigenvalue weighted by molar-refractivity contribution is 0.0853. The molecule has 0 aliphatic carbocycles. The van der Waals surface area contributed by atoms with E-state index in [0.29, 0.717) is 5.71 Å². The minimum atomic E-state index is 0.0816. The van der Waals surface area contributed by atoms with Gasteiger partial charge in [0.1, 0.15) is 17.9 Å². The molecule has 0 heterocycles. The van der Waals surface area contributed by atoms with E-state index in [9.17, 15) is 0 Å². The summed E-state index contributed by atoms with van der Waals surface area (Å²) in [6.07, 6.45) is 2.57. The first-order chi connectivity index (χ1) is 6.07. The summed E-state index contributed by atoms with van der Waals surface area (Å²) in [5.41, 5.74) is 0.704. The Morgan fingerprint density at radius 1 is 1.23 bits per heavy atom. The number of oxime groups is 1. The van der Waals surface area contributed by atoms with Gasteiger partial charge in [-0.05, 0) is 19.8 Å². The molecule has 74 valence electrons. The lowest BCUT2D eigenvalue weighted by Gasteiger charge is -2.05. The SMILES string of the molecule is COC#C/C(=N\OC(C)C)C(C)C. The van der Waals surface area contributed by atoms with Crippen molar-refractivity contribution in [1.29, 1.82) is 0 Å². The van der Waals surface area contributed by atoms with Gasteiger partial charge in [-0.15, -0.1) is 0 Å². The van der Waals surface area contributed by atoms with Crippen LogP contribution in [0.3, 0.4) is 0 Å². The quantitative estimate of drug-likeness (QED) is 0.381. The van der Waals surface area contributed by atoms with Gasteiger partial charge in [-0.2, -0.15) is 0 Å². The Morgan fingerprint density at radius 3 is 2.23 bits per heavy atom. The Kier molecular flexibility index (Phi) is 5.79. The van der Waals surface area contributed by atoms with Crippen LogP contribution in [0.4, 0.5) is 0 Å². The van der Waals surface area contributed by atoms with Crippen molar-refractivity contribution in [2.45, 2.75) is 33.8 Å². The Hall–Kier alpha value is -1.17. The molecule has 0 radical (unpaired) electrons.